The van der Waals surface area contributed by atoms with Crippen LogP contribution in [0.5, 0.6) is 0 Å². The minimum atomic E-state index is -3.63. The minimum absolute atomic E-state index is 0.0305. The van der Waals surface area contributed by atoms with Crippen molar-refractivity contribution in [2.24, 2.45) is 0 Å². The molecule has 5 nitrogen and oxygen atoms in total. The van der Waals surface area contributed by atoms with E-state index >= 15 is 0 Å². The van der Waals surface area contributed by atoms with Crippen molar-refractivity contribution in [2.75, 3.05) is 7.05 Å². The van der Waals surface area contributed by atoms with E-state index in [-0.39, 0.29) is 22.4 Å². The standard InChI is InChI=1S/C17H18Cl2N2O3S/c1-10-4-6-13(25(23,24)20-3)9-15(10)17(22)21-11(2)14-7-5-12(18)8-16(14)19/h4-9,11,20H,1-3H3,(H,21,22). The monoisotopic (exact) mass is 400 g/mol. The van der Waals surface area contributed by atoms with Crippen LogP contribution >= 0.6 is 23.2 Å². The molecular formula is C17H18Cl2N2O3S. The molecule has 0 spiro atoms. The van der Waals surface area contributed by atoms with E-state index in [1.165, 1.54) is 19.2 Å². The number of aryl methyl sites for hydroxylation is 1. The van der Waals surface area contributed by atoms with Crippen molar-refractivity contribution in [3.63, 3.8) is 0 Å². The second-order valence-corrected chi connectivity index (χ2v) is 8.28. The Kier molecular flexibility index (Phi) is 6.11. The summed E-state index contributed by atoms with van der Waals surface area (Å²) in [4.78, 5) is 12.6. The highest BCUT2D eigenvalue weighted by molar-refractivity contribution is 7.89. The topological polar surface area (TPSA) is 75.3 Å². The Balaban J connectivity index is 2.30. The fraction of sp³-hybridized carbons (Fsp3) is 0.235. The quantitative estimate of drug-likeness (QED) is 0.802. The molecule has 25 heavy (non-hydrogen) atoms. The second-order valence-electron chi connectivity index (χ2n) is 5.55. The number of hydrogen-bond acceptors (Lipinski definition) is 3. The highest BCUT2D eigenvalue weighted by Crippen LogP contribution is 2.26. The Hall–Kier alpha value is -1.60. The van der Waals surface area contributed by atoms with Crippen LogP contribution in [0.4, 0.5) is 0 Å². The fourth-order valence-corrected chi connectivity index (χ4v) is 3.66. The summed E-state index contributed by atoms with van der Waals surface area (Å²) in [5.41, 5.74) is 1.67. The maximum Gasteiger partial charge on any atom is 0.252 e. The minimum Gasteiger partial charge on any atom is -0.345 e. The maximum atomic E-state index is 12.6. The molecule has 0 bridgehead atoms. The molecule has 0 heterocycles. The van der Waals surface area contributed by atoms with E-state index in [0.29, 0.717) is 15.6 Å². The summed E-state index contributed by atoms with van der Waals surface area (Å²) in [6.45, 7) is 3.53. The zero-order valence-corrected chi connectivity index (χ0v) is 16.3. The Morgan fingerprint density at radius 3 is 2.40 bits per heavy atom. The van der Waals surface area contributed by atoms with Gasteiger partial charge in [-0.2, -0.15) is 0 Å². The Labute approximate surface area is 157 Å². The Bertz CT molecular complexity index is 914. The van der Waals surface area contributed by atoms with E-state index in [2.05, 4.69) is 10.0 Å². The van der Waals surface area contributed by atoms with Crippen LogP contribution in [0.15, 0.2) is 41.3 Å². The predicted molar refractivity (Wildman–Crippen MR) is 99.8 cm³/mol. The van der Waals surface area contributed by atoms with Gasteiger partial charge in [0.2, 0.25) is 10.0 Å². The lowest BCUT2D eigenvalue weighted by Crippen LogP contribution is -2.28. The summed E-state index contributed by atoms with van der Waals surface area (Å²) >= 11 is 12.0. The van der Waals surface area contributed by atoms with Gasteiger partial charge >= 0.3 is 0 Å². The first-order chi connectivity index (χ1) is 11.7. The average molecular weight is 401 g/mol. The number of benzene rings is 2. The van der Waals surface area contributed by atoms with Crippen molar-refractivity contribution in [3.8, 4) is 0 Å². The molecule has 2 aromatic carbocycles. The first-order valence-corrected chi connectivity index (χ1v) is 9.69. The summed E-state index contributed by atoms with van der Waals surface area (Å²) in [5.74, 6) is -0.385. The van der Waals surface area contributed by atoms with Crippen molar-refractivity contribution < 1.29 is 13.2 Å². The lowest BCUT2D eigenvalue weighted by molar-refractivity contribution is 0.0939. The predicted octanol–water partition coefficient (Wildman–Crippen LogP) is 3.70. The van der Waals surface area contributed by atoms with Crippen LogP contribution in [0.2, 0.25) is 10.0 Å². The van der Waals surface area contributed by atoms with E-state index in [1.807, 2.05) is 0 Å². The third-order valence-corrected chi connectivity index (χ3v) is 5.78. The third-order valence-electron chi connectivity index (χ3n) is 3.81. The van der Waals surface area contributed by atoms with Crippen molar-refractivity contribution in [3.05, 3.63) is 63.1 Å². The van der Waals surface area contributed by atoms with Gasteiger partial charge in [-0.25, -0.2) is 13.1 Å². The van der Waals surface area contributed by atoms with Gasteiger partial charge in [0.15, 0.2) is 0 Å². The largest absolute Gasteiger partial charge is 0.345 e. The molecule has 1 atom stereocenters. The van der Waals surface area contributed by atoms with Crippen LogP contribution in [0, 0.1) is 6.92 Å². The number of nitrogens with one attached hydrogen (secondary N) is 2. The molecule has 2 rings (SSSR count). The maximum absolute atomic E-state index is 12.6. The zero-order chi connectivity index (χ0) is 18.8. The zero-order valence-electron chi connectivity index (χ0n) is 13.9. The molecule has 0 aliphatic rings. The average Bonchev–Trinajstić information content (AvgIpc) is 2.54. The van der Waals surface area contributed by atoms with E-state index in [0.717, 1.165) is 5.56 Å². The fourth-order valence-electron chi connectivity index (χ4n) is 2.34. The van der Waals surface area contributed by atoms with E-state index in [4.69, 9.17) is 23.2 Å². The van der Waals surface area contributed by atoms with Crippen LogP contribution < -0.4 is 10.0 Å². The van der Waals surface area contributed by atoms with E-state index in [1.54, 1.807) is 38.1 Å². The summed E-state index contributed by atoms with van der Waals surface area (Å²) in [6.07, 6.45) is 0. The van der Waals surface area contributed by atoms with Gasteiger partial charge in [0.1, 0.15) is 0 Å². The van der Waals surface area contributed by atoms with Gasteiger partial charge in [0, 0.05) is 15.6 Å². The van der Waals surface area contributed by atoms with Gasteiger partial charge < -0.3 is 5.32 Å². The SMILES string of the molecule is CNS(=O)(=O)c1ccc(C)c(C(=O)NC(C)c2ccc(Cl)cc2Cl)c1. The Morgan fingerprint density at radius 2 is 1.80 bits per heavy atom. The van der Waals surface area contributed by atoms with Gasteiger partial charge in [-0.05, 0) is 56.3 Å². The van der Waals surface area contributed by atoms with E-state index in [9.17, 15) is 13.2 Å². The highest BCUT2D eigenvalue weighted by atomic mass is 35.5. The molecule has 1 amide bonds. The molecule has 134 valence electrons. The third kappa shape index (κ3) is 4.52. The molecule has 2 aromatic rings. The highest BCUT2D eigenvalue weighted by Gasteiger charge is 2.19. The van der Waals surface area contributed by atoms with Crippen molar-refractivity contribution >= 4 is 39.1 Å². The van der Waals surface area contributed by atoms with Crippen molar-refractivity contribution in [1.82, 2.24) is 10.0 Å². The summed E-state index contributed by atoms with van der Waals surface area (Å²) in [6, 6.07) is 9.07. The Morgan fingerprint density at radius 1 is 1.12 bits per heavy atom. The summed E-state index contributed by atoms with van der Waals surface area (Å²) in [5, 5.41) is 3.78. The lowest BCUT2D eigenvalue weighted by atomic mass is 10.1. The van der Waals surface area contributed by atoms with Crippen LogP contribution in [0.25, 0.3) is 0 Å². The number of carbonyl (C=O) groups excluding carboxylic acids is 1. The summed E-state index contributed by atoms with van der Waals surface area (Å²) in [7, 11) is -2.31. The number of halogens is 2. The van der Waals surface area contributed by atoms with E-state index < -0.39 is 10.0 Å². The van der Waals surface area contributed by atoms with Gasteiger partial charge in [-0.1, -0.05) is 35.3 Å². The number of hydrogen-bond donors (Lipinski definition) is 2. The first kappa shape index (κ1) is 19.7. The molecule has 8 heteroatoms. The first-order valence-electron chi connectivity index (χ1n) is 7.45. The van der Waals surface area contributed by atoms with Crippen molar-refractivity contribution in [2.45, 2.75) is 24.8 Å². The number of sulfonamides is 1. The molecule has 0 saturated heterocycles. The molecule has 0 aliphatic carbocycles. The summed E-state index contributed by atoms with van der Waals surface area (Å²) < 4.78 is 26.1. The van der Waals surface area contributed by atoms with Crippen molar-refractivity contribution in [1.29, 1.82) is 0 Å². The molecule has 0 aliphatic heterocycles. The molecule has 0 aromatic heterocycles. The molecule has 1 unspecified atom stereocenters. The van der Waals surface area contributed by atoms with Crippen LogP contribution in [0.1, 0.15) is 34.5 Å². The van der Waals surface area contributed by atoms with Gasteiger partial charge in [-0.3, -0.25) is 4.79 Å². The number of carbonyl (C=O) groups is 1. The number of amides is 1. The molecule has 0 radical (unpaired) electrons. The van der Waals surface area contributed by atoms with Gasteiger partial charge in [0.05, 0.1) is 10.9 Å². The second kappa shape index (κ2) is 7.74. The lowest BCUT2D eigenvalue weighted by Gasteiger charge is -2.17. The van der Waals surface area contributed by atoms with Gasteiger partial charge in [-0.15, -0.1) is 0 Å². The van der Waals surface area contributed by atoms with Gasteiger partial charge in [0.25, 0.3) is 5.91 Å². The normalized spacial score (nSPS) is 12.7. The smallest absolute Gasteiger partial charge is 0.252 e. The van der Waals surface area contributed by atoms with Crippen LogP contribution in [-0.2, 0) is 10.0 Å². The van der Waals surface area contributed by atoms with Crippen LogP contribution in [0.3, 0.4) is 0 Å². The molecular weight excluding hydrogens is 383 g/mol. The molecule has 0 saturated carbocycles. The number of rotatable bonds is 5. The van der Waals surface area contributed by atoms with Crippen LogP contribution in [-0.4, -0.2) is 21.4 Å². The molecule has 2 N–H and O–H groups in total. The molecule has 0 fully saturated rings.